The zero-order chi connectivity index (χ0) is 12.3. The molecule has 0 aromatic heterocycles. The molecule has 2 saturated heterocycles. The SMILES string of the molecule is O=C1CC[C@]2(C(F)(F)F)N[C@@H]3CCCC[C@@H]3N12. The van der Waals surface area contributed by atoms with Crippen LogP contribution >= 0.6 is 0 Å². The van der Waals surface area contributed by atoms with Gasteiger partial charge in [0.25, 0.3) is 0 Å². The summed E-state index contributed by atoms with van der Waals surface area (Å²) in [6.07, 6.45) is -1.20. The van der Waals surface area contributed by atoms with Gasteiger partial charge >= 0.3 is 6.18 Å². The van der Waals surface area contributed by atoms with Crippen LogP contribution in [0.3, 0.4) is 0 Å². The van der Waals surface area contributed by atoms with Crippen molar-refractivity contribution in [1.82, 2.24) is 10.2 Å². The molecule has 1 aliphatic carbocycles. The molecule has 0 spiro atoms. The van der Waals surface area contributed by atoms with E-state index in [1.807, 2.05) is 0 Å². The maximum Gasteiger partial charge on any atom is 0.425 e. The quantitative estimate of drug-likeness (QED) is 0.708. The van der Waals surface area contributed by atoms with Crippen LogP contribution in [0.5, 0.6) is 0 Å². The van der Waals surface area contributed by atoms with Crippen LogP contribution in [0.25, 0.3) is 0 Å². The third kappa shape index (κ3) is 1.36. The number of carbonyl (C=O) groups is 1. The van der Waals surface area contributed by atoms with E-state index in [-0.39, 0.29) is 30.8 Å². The second-order valence-electron chi connectivity index (χ2n) is 5.22. The predicted octanol–water partition coefficient (Wildman–Crippen LogP) is 1.78. The van der Waals surface area contributed by atoms with E-state index in [0.29, 0.717) is 6.42 Å². The fourth-order valence-electron chi connectivity index (χ4n) is 3.61. The molecule has 3 fully saturated rings. The zero-order valence-electron chi connectivity index (χ0n) is 9.39. The second kappa shape index (κ2) is 3.37. The first-order chi connectivity index (χ1) is 7.96. The minimum atomic E-state index is -4.38. The van der Waals surface area contributed by atoms with Gasteiger partial charge in [-0.05, 0) is 12.8 Å². The topological polar surface area (TPSA) is 32.3 Å². The fraction of sp³-hybridized carbons (Fsp3) is 0.909. The Labute approximate surface area is 97.3 Å². The van der Waals surface area contributed by atoms with E-state index in [0.717, 1.165) is 24.2 Å². The Kier molecular flexibility index (Phi) is 2.24. The van der Waals surface area contributed by atoms with Gasteiger partial charge in [0.2, 0.25) is 5.91 Å². The largest absolute Gasteiger partial charge is 0.425 e. The van der Waals surface area contributed by atoms with Gasteiger partial charge in [-0.25, -0.2) is 0 Å². The van der Waals surface area contributed by atoms with Crippen LogP contribution in [0.15, 0.2) is 0 Å². The molecule has 3 rings (SSSR count). The number of fused-ring (bicyclic) bond motifs is 3. The maximum atomic E-state index is 13.3. The van der Waals surface area contributed by atoms with Crippen LogP contribution in [-0.2, 0) is 4.79 Å². The molecule has 96 valence electrons. The number of nitrogens with zero attached hydrogens (tertiary/aromatic N) is 1. The van der Waals surface area contributed by atoms with Crippen LogP contribution in [-0.4, -0.2) is 34.7 Å². The van der Waals surface area contributed by atoms with E-state index in [9.17, 15) is 18.0 Å². The lowest BCUT2D eigenvalue weighted by Gasteiger charge is -2.36. The smallest absolute Gasteiger partial charge is 0.312 e. The zero-order valence-corrected chi connectivity index (χ0v) is 9.39. The standard InChI is InChI=1S/C11H15F3N2O/c12-11(13,14)10-6-5-9(17)16(10)8-4-2-1-3-7(8)15-10/h7-8,15H,1-6H2/t7-,8+,10+/m1/s1. The van der Waals surface area contributed by atoms with Crippen LogP contribution in [0.2, 0.25) is 0 Å². The van der Waals surface area contributed by atoms with Gasteiger partial charge in [-0.1, -0.05) is 12.8 Å². The van der Waals surface area contributed by atoms with E-state index >= 15 is 0 Å². The van der Waals surface area contributed by atoms with Crippen LogP contribution < -0.4 is 5.32 Å². The van der Waals surface area contributed by atoms with Crippen molar-refractivity contribution in [3.8, 4) is 0 Å². The molecule has 0 aromatic carbocycles. The highest BCUT2D eigenvalue weighted by molar-refractivity contribution is 5.81. The van der Waals surface area contributed by atoms with Crippen molar-refractivity contribution in [2.24, 2.45) is 0 Å². The van der Waals surface area contributed by atoms with Crippen LogP contribution in [0, 0.1) is 0 Å². The summed E-state index contributed by atoms with van der Waals surface area (Å²) in [5, 5.41) is 2.72. The van der Waals surface area contributed by atoms with Crippen LogP contribution in [0.1, 0.15) is 38.5 Å². The summed E-state index contributed by atoms with van der Waals surface area (Å²) in [7, 11) is 0. The first-order valence-corrected chi connectivity index (χ1v) is 6.12. The van der Waals surface area contributed by atoms with Crippen molar-refractivity contribution in [3.63, 3.8) is 0 Å². The van der Waals surface area contributed by atoms with Gasteiger partial charge in [0.1, 0.15) is 0 Å². The molecule has 17 heavy (non-hydrogen) atoms. The van der Waals surface area contributed by atoms with E-state index in [4.69, 9.17) is 0 Å². The molecule has 2 heterocycles. The first kappa shape index (κ1) is 11.3. The number of carbonyl (C=O) groups excluding carboxylic acids is 1. The average molecular weight is 248 g/mol. The lowest BCUT2D eigenvalue weighted by molar-refractivity contribution is -0.225. The summed E-state index contributed by atoms with van der Waals surface area (Å²) in [6.45, 7) is 0. The molecule has 3 nitrogen and oxygen atoms in total. The highest BCUT2D eigenvalue weighted by atomic mass is 19.4. The predicted molar refractivity (Wildman–Crippen MR) is 54.0 cm³/mol. The highest BCUT2D eigenvalue weighted by Crippen LogP contribution is 2.49. The minimum Gasteiger partial charge on any atom is -0.312 e. The Balaban J connectivity index is 2.00. The summed E-state index contributed by atoms with van der Waals surface area (Å²) in [6, 6.07) is -0.421. The van der Waals surface area contributed by atoms with Gasteiger partial charge in [-0.2, -0.15) is 13.2 Å². The van der Waals surface area contributed by atoms with E-state index in [1.54, 1.807) is 0 Å². The van der Waals surface area contributed by atoms with Gasteiger partial charge in [0.15, 0.2) is 5.66 Å². The minimum absolute atomic E-state index is 0.00965. The summed E-state index contributed by atoms with van der Waals surface area (Å²) in [5.41, 5.74) is -2.07. The summed E-state index contributed by atoms with van der Waals surface area (Å²) in [5.74, 6) is -0.343. The molecular formula is C11H15F3N2O. The van der Waals surface area contributed by atoms with Gasteiger partial charge in [-0.15, -0.1) is 0 Å². The number of nitrogens with one attached hydrogen (secondary N) is 1. The normalized spacial score (nSPS) is 41.6. The van der Waals surface area contributed by atoms with Crippen molar-refractivity contribution in [3.05, 3.63) is 0 Å². The summed E-state index contributed by atoms with van der Waals surface area (Å²) >= 11 is 0. The first-order valence-electron chi connectivity index (χ1n) is 6.12. The number of halogens is 3. The molecule has 1 N–H and O–H groups in total. The maximum absolute atomic E-state index is 13.3. The van der Waals surface area contributed by atoms with Gasteiger partial charge in [-0.3, -0.25) is 10.1 Å². The fourth-order valence-corrected chi connectivity index (χ4v) is 3.61. The molecule has 6 heteroatoms. The number of amides is 1. The lowest BCUT2D eigenvalue weighted by atomic mass is 9.91. The number of alkyl halides is 3. The number of rotatable bonds is 0. The average Bonchev–Trinajstić information content (AvgIpc) is 2.75. The Hall–Kier alpha value is -0.780. The molecule has 0 unspecified atom stereocenters. The Bertz CT molecular complexity index is 357. The Morgan fingerprint density at radius 3 is 2.71 bits per heavy atom. The number of hydrogen-bond acceptors (Lipinski definition) is 2. The van der Waals surface area contributed by atoms with Gasteiger partial charge in [0, 0.05) is 24.9 Å². The third-order valence-electron chi connectivity index (χ3n) is 4.33. The molecule has 1 saturated carbocycles. The van der Waals surface area contributed by atoms with Gasteiger partial charge < -0.3 is 4.90 Å². The van der Waals surface area contributed by atoms with Crippen molar-refractivity contribution < 1.29 is 18.0 Å². The molecule has 3 aliphatic rings. The van der Waals surface area contributed by atoms with Crippen LogP contribution in [0.4, 0.5) is 13.2 Å². The monoisotopic (exact) mass is 248 g/mol. The van der Waals surface area contributed by atoms with E-state index in [1.165, 1.54) is 0 Å². The van der Waals surface area contributed by atoms with E-state index in [2.05, 4.69) is 5.32 Å². The second-order valence-corrected chi connectivity index (χ2v) is 5.22. The Morgan fingerprint density at radius 1 is 1.29 bits per heavy atom. The molecule has 0 radical (unpaired) electrons. The Morgan fingerprint density at radius 2 is 2.00 bits per heavy atom. The van der Waals surface area contributed by atoms with Crippen molar-refractivity contribution in [2.75, 3.05) is 0 Å². The molecule has 3 atom stereocenters. The molecule has 0 bridgehead atoms. The van der Waals surface area contributed by atoms with Crippen molar-refractivity contribution in [1.29, 1.82) is 0 Å². The van der Waals surface area contributed by atoms with Crippen molar-refractivity contribution in [2.45, 2.75) is 62.4 Å². The molecule has 0 aromatic rings. The lowest BCUT2D eigenvalue weighted by Crippen LogP contribution is -2.60. The highest BCUT2D eigenvalue weighted by Gasteiger charge is 2.69. The van der Waals surface area contributed by atoms with Crippen molar-refractivity contribution >= 4 is 5.91 Å². The van der Waals surface area contributed by atoms with Gasteiger partial charge in [0.05, 0.1) is 0 Å². The summed E-state index contributed by atoms with van der Waals surface area (Å²) < 4.78 is 39.8. The number of hydrogen-bond donors (Lipinski definition) is 1. The van der Waals surface area contributed by atoms with E-state index < -0.39 is 11.8 Å². The molecular weight excluding hydrogens is 233 g/mol. The third-order valence-corrected chi connectivity index (χ3v) is 4.33. The molecule has 2 aliphatic heterocycles. The summed E-state index contributed by atoms with van der Waals surface area (Å²) in [4.78, 5) is 12.9. The molecule has 1 amide bonds.